The van der Waals surface area contributed by atoms with Gasteiger partial charge < -0.3 is 54.8 Å². The van der Waals surface area contributed by atoms with Crippen molar-refractivity contribution in [1.29, 1.82) is 0 Å². The lowest BCUT2D eigenvalue weighted by Gasteiger charge is -2.33. The number of urea groups is 1. The largest absolute Gasteiger partial charge is 0.380 e. The second-order valence-corrected chi connectivity index (χ2v) is 20.7. The zero-order chi connectivity index (χ0) is 47.8. The third-order valence-electron chi connectivity index (χ3n) is 12.8. The number of nitrogens with zero attached hydrogens (tertiary/aromatic N) is 5. The first kappa shape index (κ1) is 55.5. The highest BCUT2D eigenvalue weighted by molar-refractivity contribution is 8.00. The third-order valence-corrected chi connectivity index (χ3v) is 14.3. The zero-order valence-corrected chi connectivity index (χ0v) is 42.2. The molecular weight excluding hydrogens is 867 g/mol. The van der Waals surface area contributed by atoms with E-state index in [1.807, 2.05) is 21.3 Å². The van der Waals surface area contributed by atoms with Crippen LogP contribution in [0.4, 0.5) is 4.79 Å². The number of hydrogen-bond acceptors (Lipinski definition) is 13. The van der Waals surface area contributed by atoms with E-state index in [-0.39, 0.29) is 59.2 Å². The molecule has 2 fully saturated rings. The molecule has 0 radical (unpaired) electrons. The molecule has 5 unspecified atom stereocenters. The normalized spacial score (nSPS) is 20.5. The fraction of sp³-hybridized carbons (Fsp3) is 0.872. The van der Waals surface area contributed by atoms with Crippen molar-refractivity contribution in [2.75, 3.05) is 112 Å². The Hall–Kier alpha value is -3.07. The van der Waals surface area contributed by atoms with Gasteiger partial charge >= 0.3 is 6.03 Å². The minimum atomic E-state index is -0.197. The van der Waals surface area contributed by atoms with Crippen LogP contribution < -0.4 is 21.3 Å². The van der Waals surface area contributed by atoms with Gasteiger partial charge in [-0.2, -0.15) is 11.8 Å². The Morgan fingerprint density at radius 2 is 1.53 bits per heavy atom. The second kappa shape index (κ2) is 29.7. The summed E-state index contributed by atoms with van der Waals surface area (Å²) in [5.41, 5.74) is 1.89. The van der Waals surface area contributed by atoms with E-state index < -0.39 is 0 Å². The summed E-state index contributed by atoms with van der Waals surface area (Å²) in [5, 5.41) is 21.5. The van der Waals surface area contributed by atoms with Crippen LogP contribution in [0.15, 0.2) is 0 Å². The van der Waals surface area contributed by atoms with Crippen LogP contribution in [0, 0.1) is 10.8 Å². The van der Waals surface area contributed by atoms with Crippen molar-refractivity contribution in [2.45, 2.75) is 142 Å². The maximum absolute atomic E-state index is 13.4. The van der Waals surface area contributed by atoms with E-state index >= 15 is 0 Å². The van der Waals surface area contributed by atoms with Crippen LogP contribution in [-0.4, -0.2) is 184 Å². The molecule has 0 aromatic carbocycles. The van der Waals surface area contributed by atoms with Crippen molar-refractivity contribution in [3.63, 3.8) is 0 Å². The number of carbonyl (C=O) groups excluding carboxylic acids is 4. The number of nitrogens with one attached hydrogen (secondary N) is 4. The number of rotatable bonds is 34. The summed E-state index contributed by atoms with van der Waals surface area (Å²) < 4.78 is 31.0. The number of hydrogen-bond donors (Lipinski definition) is 4. The smallest absolute Gasteiger partial charge is 0.315 e. The highest BCUT2D eigenvalue weighted by Gasteiger charge is 2.42. The lowest BCUT2D eigenvalue weighted by Crippen LogP contribution is -2.42. The van der Waals surface area contributed by atoms with Gasteiger partial charge in [-0.25, -0.2) is 9.48 Å². The Bertz CT molecular complexity index is 1610. The molecule has 1 aromatic rings. The number of fused-ring (bicyclic) bond motifs is 2. The maximum atomic E-state index is 13.4. The Balaban J connectivity index is 0.970. The van der Waals surface area contributed by atoms with Crippen LogP contribution in [-0.2, 0) is 57.5 Å². The lowest BCUT2D eigenvalue weighted by molar-refractivity contribution is -0.133. The summed E-state index contributed by atoms with van der Waals surface area (Å²) in [6.45, 7) is 20.1. The van der Waals surface area contributed by atoms with Crippen molar-refractivity contribution >= 4 is 35.5 Å². The molecule has 66 heavy (non-hydrogen) atoms. The molecule has 0 aliphatic carbocycles. The van der Waals surface area contributed by atoms with Crippen LogP contribution in [0.1, 0.15) is 110 Å². The summed E-state index contributed by atoms with van der Waals surface area (Å²) in [5.74, 6) is 0.977. The molecular formula is C47H85N9O9S. The van der Waals surface area contributed by atoms with E-state index in [4.69, 9.17) is 23.7 Å². The molecule has 1 aromatic heterocycles. The standard InChI is InChI=1S/C47H85N9O9S/c1-8-47(5,35-65-34-46(3,4)32-54(6)9-2)33-56-39-19-22-55(30-36(61-7)29-37(39)52-53-56)43(59)18-12-17-42(58)49-21-14-24-63-26-28-64-27-25-62-23-13-20-48-41(57)16-11-10-15-40-44-38(31-66-40)50-45(60)51-44/h36,38,40,44H,8-35H2,1-7H3,(H,48,57)(H,49,58)(H2,50,51,60). The molecule has 5 atom stereocenters. The molecule has 3 aliphatic heterocycles. The number of aromatic nitrogens is 3. The van der Waals surface area contributed by atoms with Gasteiger partial charge in [0.15, 0.2) is 0 Å². The number of thioether (sulfide) groups is 1. The van der Waals surface area contributed by atoms with Gasteiger partial charge in [-0.05, 0) is 52.1 Å². The molecule has 4 heterocycles. The lowest BCUT2D eigenvalue weighted by atomic mass is 9.88. The van der Waals surface area contributed by atoms with Gasteiger partial charge in [-0.15, -0.1) is 5.10 Å². The highest BCUT2D eigenvalue weighted by atomic mass is 32.2. The van der Waals surface area contributed by atoms with Crippen molar-refractivity contribution in [3.8, 4) is 0 Å². The van der Waals surface area contributed by atoms with Gasteiger partial charge in [0.2, 0.25) is 17.7 Å². The van der Waals surface area contributed by atoms with Gasteiger partial charge in [0.25, 0.3) is 0 Å². The fourth-order valence-corrected chi connectivity index (χ4v) is 10.2. The number of methoxy groups -OCH3 is 1. The van der Waals surface area contributed by atoms with Gasteiger partial charge in [-0.3, -0.25) is 14.4 Å². The van der Waals surface area contributed by atoms with E-state index in [0.717, 1.165) is 62.3 Å². The number of ether oxygens (including phenoxy) is 5. The van der Waals surface area contributed by atoms with Crippen LogP contribution >= 0.6 is 11.8 Å². The molecule has 378 valence electrons. The molecule has 4 rings (SSSR count). The first-order valence-electron chi connectivity index (χ1n) is 24.7. The van der Waals surface area contributed by atoms with E-state index in [0.29, 0.717) is 129 Å². The molecule has 3 aliphatic rings. The van der Waals surface area contributed by atoms with Crippen molar-refractivity contribution < 1.29 is 42.9 Å². The Morgan fingerprint density at radius 1 is 0.864 bits per heavy atom. The Labute approximate surface area is 399 Å². The molecule has 5 amide bonds. The Morgan fingerprint density at radius 3 is 2.18 bits per heavy atom. The van der Waals surface area contributed by atoms with Gasteiger partial charge in [0.1, 0.15) is 0 Å². The predicted molar refractivity (Wildman–Crippen MR) is 256 cm³/mol. The number of carbonyl (C=O) groups is 4. The SMILES string of the molecule is CCN(C)CC(C)(C)COCC(C)(CC)Cn1nnc2c1CCN(C(=O)CCCC(=O)NCCCOCCOCCOCCCNC(=O)CCCCC1SCC3NC(=O)NC31)CC(OC)C2. The van der Waals surface area contributed by atoms with Gasteiger partial charge in [0.05, 0.1) is 75.8 Å². The van der Waals surface area contributed by atoms with E-state index in [1.54, 1.807) is 7.11 Å². The molecule has 0 bridgehead atoms. The van der Waals surface area contributed by atoms with Crippen molar-refractivity contribution in [1.82, 2.24) is 46.1 Å². The first-order valence-corrected chi connectivity index (χ1v) is 25.7. The summed E-state index contributed by atoms with van der Waals surface area (Å²) in [4.78, 5) is 53.8. The maximum Gasteiger partial charge on any atom is 0.315 e. The van der Waals surface area contributed by atoms with Gasteiger partial charge in [-0.1, -0.05) is 46.3 Å². The summed E-state index contributed by atoms with van der Waals surface area (Å²) in [6, 6.07) is 0.395. The van der Waals surface area contributed by atoms with E-state index in [9.17, 15) is 19.2 Å². The minimum absolute atomic E-state index is 0.0227. The average molecular weight is 952 g/mol. The number of unbranched alkanes of at least 4 members (excludes halogenated alkanes) is 1. The second-order valence-electron chi connectivity index (χ2n) is 19.4. The molecule has 4 N–H and O–H groups in total. The number of amides is 5. The minimum Gasteiger partial charge on any atom is -0.380 e. The van der Waals surface area contributed by atoms with E-state index in [2.05, 4.69) is 78.1 Å². The van der Waals surface area contributed by atoms with Crippen LogP contribution in [0.2, 0.25) is 0 Å². The van der Waals surface area contributed by atoms with E-state index in [1.165, 1.54) is 0 Å². The monoisotopic (exact) mass is 952 g/mol. The summed E-state index contributed by atoms with van der Waals surface area (Å²) >= 11 is 1.90. The topological polar surface area (TPSA) is 200 Å². The molecule has 2 saturated heterocycles. The Kier molecular flexibility index (Phi) is 25.0. The van der Waals surface area contributed by atoms with Crippen LogP contribution in [0.3, 0.4) is 0 Å². The summed E-state index contributed by atoms with van der Waals surface area (Å²) in [7, 11) is 3.81. The predicted octanol–water partition coefficient (Wildman–Crippen LogP) is 3.59. The van der Waals surface area contributed by atoms with Crippen molar-refractivity contribution in [2.24, 2.45) is 10.8 Å². The zero-order valence-electron chi connectivity index (χ0n) is 41.4. The fourth-order valence-electron chi connectivity index (χ4n) is 8.61. The van der Waals surface area contributed by atoms with Crippen LogP contribution in [0.5, 0.6) is 0 Å². The quantitative estimate of drug-likeness (QED) is 0.0578. The molecule has 0 spiro atoms. The molecule has 0 saturated carbocycles. The van der Waals surface area contributed by atoms with Crippen molar-refractivity contribution in [3.05, 3.63) is 11.4 Å². The highest BCUT2D eigenvalue weighted by Crippen LogP contribution is 2.33. The average Bonchev–Trinajstić information content (AvgIpc) is 3.96. The third kappa shape index (κ3) is 20.3. The first-order chi connectivity index (χ1) is 31.7. The molecule has 18 nitrogen and oxygen atoms in total. The molecule has 19 heteroatoms. The summed E-state index contributed by atoms with van der Waals surface area (Å²) in [6.07, 6.45) is 7.80. The van der Waals surface area contributed by atoms with Crippen LogP contribution in [0.25, 0.3) is 0 Å². The van der Waals surface area contributed by atoms with Gasteiger partial charge in [0, 0.05) is 107 Å².